The quantitative estimate of drug-likeness (QED) is 0.810. The van der Waals surface area contributed by atoms with Gasteiger partial charge < -0.3 is 10.1 Å². The molecule has 1 saturated heterocycles. The first kappa shape index (κ1) is 15.0. The third-order valence-corrected chi connectivity index (χ3v) is 3.79. The fraction of sp³-hybridized carbons (Fsp3) is 0.500. The smallest absolute Gasteiger partial charge is 0.123 e. The minimum atomic E-state index is -0.209. The molecule has 0 spiro atoms. The van der Waals surface area contributed by atoms with Crippen molar-refractivity contribution in [3.05, 3.63) is 42.2 Å². The van der Waals surface area contributed by atoms with E-state index in [4.69, 9.17) is 4.74 Å². The van der Waals surface area contributed by atoms with Crippen LogP contribution in [0.3, 0.4) is 0 Å². The Kier molecular flexibility index (Phi) is 5.56. The van der Waals surface area contributed by atoms with Crippen LogP contribution < -0.4 is 10.1 Å². The predicted octanol–water partition coefficient (Wildman–Crippen LogP) is 2.75. The van der Waals surface area contributed by atoms with Gasteiger partial charge in [0.05, 0.1) is 7.11 Å². The molecule has 0 radical (unpaired) electrons. The molecule has 4 heteroatoms. The number of nitrogens with zero attached hydrogens (tertiary/aromatic N) is 1. The van der Waals surface area contributed by atoms with Gasteiger partial charge >= 0.3 is 0 Å². The maximum absolute atomic E-state index is 13.6. The van der Waals surface area contributed by atoms with Gasteiger partial charge in [0.15, 0.2) is 0 Å². The molecule has 0 unspecified atom stereocenters. The van der Waals surface area contributed by atoms with Gasteiger partial charge in [-0.25, -0.2) is 4.39 Å². The highest BCUT2D eigenvalue weighted by Gasteiger charge is 2.24. The van der Waals surface area contributed by atoms with E-state index in [2.05, 4.69) is 16.8 Å². The molecule has 110 valence electrons. The summed E-state index contributed by atoms with van der Waals surface area (Å²) in [4.78, 5) is 2.40. The third kappa shape index (κ3) is 3.58. The standard InChI is InChI=1S/C16H23FN2O/c1-3-4-5-15(19-10-8-18-9-11-19)14-12-13(17)6-7-16(14)20-2/h3,6-7,12,15,18H,1,4-5,8-11H2,2H3/t15-/m0/s1. The minimum absolute atomic E-state index is 0.181. The van der Waals surface area contributed by atoms with Crippen LogP contribution in [0.25, 0.3) is 0 Å². The lowest BCUT2D eigenvalue weighted by molar-refractivity contribution is 0.163. The molecule has 0 saturated carbocycles. The van der Waals surface area contributed by atoms with Gasteiger partial charge in [0.2, 0.25) is 0 Å². The van der Waals surface area contributed by atoms with Crippen molar-refractivity contribution in [3.8, 4) is 5.75 Å². The fourth-order valence-electron chi connectivity index (χ4n) is 2.77. The fourth-order valence-corrected chi connectivity index (χ4v) is 2.77. The van der Waals surface area contributed by atoms with E-state index in [1.807, 2.05) is 6.08 Å². The van der Waals surface area contributed by atoms with E-state index < -0.39 is 0 Å². The minimum Gasteiger partial charge on any atom is -0.496 e. The van der Waals surface area contributed by atoms with Crippen LogP contribution in [0.1, 0.15) is 24.4 Å². The van der Waals surface area contributed by atoms with Crippen LogP contribution >= 0.6 is 0 Å². The molecule has 0 aromatic heterocycles. The van der Waals surface area contributed by atoms with Crippen molar-refractivity contribution >= 4 is 0 Å². The molecule has 1 aromatic carbocycles. The van der Waals surface area contributed by atoms with Gasteiger partial charge in [0, 0.05) is 37.8 Å². The van der Waals surface area contributed by atoms with Gasteiger partial charge in [-0.05, 0) is 31.0 Å². The van der Waals surface area contributed by atoms with Crippen LogP contribution in [0.2, 0.25) is 0 Å². The van der Waals surface area contributed by atoms with Crippen molar-refractivity contribution in [1.29, 1.82) is 0 Å². The number of piperazine rings is 1. The zero-order chi connectivity index (χ0) is 14.4. The first-order valence-electron chi connectivity index (χ1n) is 7.15. The first-order valence-corrected chi connectivity index (χ1v) is 7.15. The van der Waals surface area contributed by atoms with Gasteiger partial charge in [0.1, 0.15) is 11.6 Å². The van der Waals surface area contributed by atoms with E-state index in [0.717, 1.165) is 50.3 Å². The van der Waals surface area contributed by atoms with Gasteiger partial charge in [-0.1, -0.05) is 6.08 Å². The Morgan fingerprint density at radius 2 is 2.20 bits per heavy atom. The Hall–Kier alpha value is -1.39. The molecule has 3 nitrogen and oxygen atoms in total. The lowest BCUT2D eigenvalue weighted by Gasteiger charge is -2.35. The van der Waals surface area contributed by atoms with Crippen molar-refractivity contribution in [2.24, 2.45) is 0 Å². The van der Waals surface area contributed by atoms with Crippen LogP contribution in [0, 0.1) is 5.82 Å². The van der Waals surface area contributed by atoms with Gasteiger partial charge in [-0.3, -0.25) is 4.90 Å². The summed E-state index contributed by atoms with van der Waals surface area (Å²) in [5.41, 5.74) is 0.941. The highest BCUT2D eigenvalue weighted by Crippen LogP contribution is 2.33. The lowest BCUT2D eigenvalue weighted by Crippen LogP contribution is -2.45. The average molecular weight is 278 g/mol. The van der Waals surface area contributed by atoms with Crippen molar-refractivity contribution in [2.75, 3.05) is 33.3 Å². The third-order valence-electron chi connectivity index (χ3n) is 3.79. The summed E-state index contributed by atoms with van der Waals surface area (Å²) >= 11 is 0. The van der Waals surface area contributed by atoms with Crippen LogP contribution in [0.15, 0.2) is 30.9 Å². The van der Waals surface area contributed by atoms with Crippen molar-refractivity contribution in [3.63, 3.8) is 0 Å². The van der Waals surface area contributed by atoms with Crippen LogP contribution in [0.5, 0.6) is 5.75 Å². The van der Waals surface area contributed by atoms with Crippen molar-refractivity contribution in [1.82, 2.24) is 10.2 Å². The normalized spacial score (nSPS) is 17.7. The van der Waals surface area contributed by atoms with Gasteiger partial charge in [-0.2, -0.15) is 0 Å². The Bertz CT molecular complexity index is 444. The summed E-state index contributed by atoms with van der Waals surface area (Å²) in [5.74, 6) is 0.554. The maximum atomic E-state index is 13.6. The summed E-state index contributed by atoms with van der Waals surface area (Å²) in [6.45, 7) is 7.69. The molecule has 1 N–H and O–H groups in total. The Morgan fingerprint density at radius 3 is 2.85 bits per heavy atom. The molecule has 1 aliphatic rings. The number of methoxy groups -OCH3 is 1. The molecule has 1 heterocycles. The summed E-state index contributed by atoms with van der Waals surface area (Å²) in [6, 6.07) is 4.95. The molecule has 1 atom stereocenters. The number of nitrogens with one attached hydrogen (secondary N) is 1. The predicted molar refractivity (Wildman–Crippen MR) is 79.6 cm³/mol. The number of halogens is 1. The molecule has 0 amide bonds. The highest BCUT2D eigenvalue weighted by atomic mass is 19.1. The maximum Gasteiger partial charge on any atom is 0.123 e. The molecule has 2 rings (SSSR count). The summed E-state index contributed by atoms with van der Waals surface area (Å²) in [7, 11) is 1.64. The summed E-state index contributed by atoms with van der Waals surface area (Å²) < 4.78 is 19.0. The second-order valence-corrected chi connectivity index (χ2v) is 5.05. The monoisotopic (exact) mass is 278 g/mol. The number of rotatable bonds is 6. The largest absolute Gasteiger partial charge is 0.496 e. The van der Waals surface area contributed by atoms with E-state index in [9.17, 15) is 4.39 Å². The van der Waals surface area contributed by atoms with Crippen LogP contribution in [0.4, 0.5) is 4.39 Å². The Morgan fingerprint density at radius 1 is 1.45 bits per heavy atom. The van der Waals surface area contributed by atoms with E-state index in [1.165, 1.54) is 6.07 Å². The number of hydrogen-bond acceptors (Lipinski definition) is 3. The number of benzene rings is 1. The van der Waals surface area contributed by atoms with Gasteiger partial charge in [0.25, 0.3) is 0 Å². The Labute approximate surface area is 120 Å². The molecule has 1 fully saturated rings. The van der Waals surface area contributed by atoms with E-state index in [0.29, 0.717) is 0 Å². The molecule has 0 aliphatic carbocycles. The van der Waals surface area contributed by atoms with E-state index in [-0.39, 0.29) is 11.9 Å². The highest BCUT2D eigenvalue weighted by molar-refractivity contribution is 5.36. The zero-order valence-corrected chi connectivity index (χ0v) is 12.1. The average Bonchev–Trinajstić information content (AvgIpc) is 2.49. The first-order chi connectivity index (χ1) is 9.76. The zero-order valence-electron chi connectivity index (χ0n) is 12.1. The van der Waals surface area contributed by atoms with Crippen molar-refractivity contribution < 1.29 is 9.13 Å². The van der Waals surface area contributed by atoms with E-state index in [1.54, 1.807) is 19.2 Å². The molecular weight excluding hydrogens is 255 g/mol. The van der Waals surface area contributed by atoms with Crippen LogP contribution in [-0.4, -0.2) is 38.2 Å². The number of allylic oxidation sites excluding steroid dienone is 1. The summed E-state index contributed by atoms with van der Waals surface area (Å²) in [6.07, 6.45) is 3.76. The second-order valence-electron chi connectivity index (χ2n) is 5.05. The summed E-state index contributed by atoms with van der Waals surface area (Å²) in [5, 5.41) is 3.35. The molecule has 1 aromatic rings. The topological polar surface area (TPSA) is 24.5 Å². The second kappa shape index (κ2) is 7.41. The van der Waals surface area contributed by atoms with E-state index >= 15 is 0 Å². The molecular formula is C16H23FN2O. The molecule has 0 bridgehead atoms. The Balaban J connectivity index is 2.28. The molecule has 1 aliphatic heterocycles. The van der Waals surface area contributed by atoms with Crippen LogP contribution in [-0.2, 0) is 0 Å². The van der Waals surface area contributed by atoms with Crippen molar-refractivity contribution in [2.45, 2.75) is 18.9 Å². The van der Waals surface area contributed by atoms with Gasteiger partial charge in [-0.15, -0.1) is 6.58 Å². The number of ether oxygens (including phenoxy) is 1. The number of hydrogen-bond donors (Lipinski definition) is 1. The molecule has 20 heavy (non-hydrogen) atoms. The SMILES string of the molecule is C=CCC[C@@H](c1cc(F)ccc1OC)N1CCNCC1. The lowest BCUT2D eigenvalue weighted by atomic mass is 9.98.